The fourth-order valence-electron chi connectivity index (χ4n) is 5.82. The monoisotopic (exact) mass is 812 g/mol. The van der Waals surface area contributed by atoms with E-state index in [0.29, 0.717) is 12.8 Å². The minimum absolute atomic E-state index is 0.132. The van der Waals surface area contributed by atoms with Crippen molar-refractivity contribution < 1.29 is 56.8 Å². The SMILES string of the molecule is CC/C=C\C/C=C\C/C=C\C/C=C\CCCCCCC(=O)OC(COC(=O)CCCCCCC/C=C\CCCC)COC1OC(CS(=O)(=O)O)C(O)C(O)C1O. The maximum Gasteiger partial charge on any atom is 0.306 e. The lowest BCUT2D eigenvalue weighted by Crippen LogP contribution is -2.60. The fourth-order valence-corrected chi connectivity index (χ4v) is 6.51. The van der Waals surface area contributed by atoms with Gasteiger partial charge in [0.1, 0.15) is 36.8 Å². The molecule has 0 radical (unpaired) electrons. The Morgan fingerprint density at radius 3 is 1.70 bits per heavy atom. The number of allylic oxidation sites excluding steroid dienone is 10. The minimum atomic E-state index is -4.61. The maximum atomic E-state index is 12.8. The summed E-state index contributed by atoms with van der Waals surface area (Å²) in [7, 11) is -4.61. The number of carbonyl (C=O) groups is 2. The summed E-state index contributed by atoms with van der Waals surface area (Å²) < 4.78 is 53.9. The van der Waals surface area contributed by atoms with Gasteiger partial charge in [-0.05, 0) is 70.6 Å². The van der Waals surface area contributed by atoms with E-state index >= 15 is 0 Å². The fraction of sp³-hybridized carbons (Fsp3) is 0.721. The number of esters is 2. The molecule has 0 bridgehead atoms. The lowest BCUT2D eigenvalue weighted by molar-refractivity contribution is -0.297. The summed E-state index contributed by atoms with van der Waals surface area (Å²) in [4.78, 5) is 25.3. The van der Waals surface area contributed by atoms with Gasteiger partial charge in [-0.3, -0.25) is 14.1 Å². The smallest absolute Gasteiger partial charge is 0.306 e. The number of unbranched alkanes of at least 4 members (excludes halogenated alkanes) is 11. The zero-order valence-electron chi connectivity index (χ0n) is 34.0. The quantitative estimate of drug-likeness (QED) is 0.0219. The van der Waals surface area contributed by atoms with Crippen molar-refractivity contribution in [1.29, 1.82) is 0 Å². The van der Waals surface area contributed by atoms with Crippen LogP contribution in [0.4, 0.5) is 0 Å². The van der Waals surface area contributed by atoms with E-state index in [-0.39, 0.29) is 19.4 Å². The van der Waals surface area contributed by atoms with Gasteiger partial charge in [0.2, 0.25) is 0 Å². The number of hydrogen-bond donors (Lipinski definition) is 4. The van der Waals surface area contributed by atoms with Gasteiger partial charge in [0.05, 0.1) is 6.61 Å². The van der Waals surface area contributed by atoms with Crippen LogP contribution in [-0.4, -0.2) is 96.0 Å². The van der Waals surface area contributed by atoms with Crippen LogP contribution in [0.3, 0.4) is 0 Å². The lowest BCUT2D eigenvalue weighted by atomic mass is 10.00. The van der Waals surface area contributed by atoms with E-state index in [4.69, 9.17) is 18.9 Å². The summed E-state index contributed by atoms with van der Waals surface area (Å²) in [6.07, 6.45) is 29.9. The first-order valence-electron chi connectivity index (χ1n) is 20.8. The molecule has 13 heteroatoms. The van der Waals surface area contributed by atoms with Crippen molar-refractivity contribution in [3.8, 4) is 0 Å². The minimum Gasteiger partial charge on any atom is -0.462 e. The van der Waals surface area contributed by atoms with Gasteiger partial charge in [-0.15, -0.1) is 0 Å². The highest BCUT2D eigenvalue weighted by Gasteiger charge is 2.46. The number of carbonyl (C=O) groups excluding carboxylic acids is 2. The van der Waals surface area contributed by atoms with Crippen molar-refractivity contribution >= 4 is 22.1 Å². The molecule has 6 unspecified atom stereocenters. The first-order valence-corrected chi connectivity index (χ1v) is 22.5. The molecule has 1 heterocycles. The van der Waals surface area contributed by atoms with Crippen molar-refractivity contribution in [2.24, 2.45) is 0 Å². The molecule has 12 nitrogen and oxygen atoms in total. The van der Waals surface area contributed by atoms with E-state index in [1.807, 2.05) is 0 Å². The lowest BCUT2D eigenvalue weighted by Gasteiger charge is -2.40. The van der Waals surface area contributed by atoms with E-state index in [1.54, 1.807) is 0 Å². The second-order valence-electron chi connectivity index (χ2n) is 14.3. The molecule has 1 fully saturated rings. The van der Waals surface area contributed by atoms with Crippen LogP contribution >= 0.6 is 0 Å². The second-order valence-corrected chi connectivity index (χ2v) is 15.8. The third-order valence-corrected chi connectivity index (χ3v) is 9.83. The molecule has 0 amide bonds. The van der Waals surface area contributed by atoms with E-state index in [0.717, 1.165) is 89.9 Å². The van der Waals surface area contributed by atoms with E-state index < -0.39 is 71.2 Å². The summed E-state index contributed by atoms with van der Waals surface area (Å²) in [5, 5.41) is 30.8. The van der Waals surface area contributed by atoms with Crippen molar-refractivity contribution in [1.82, 2.24) is 0 Å². The molecule has 1 rings (SSSR count). The molecule has 322 valence electrons. The molecular weight excluding hydrogens is 741 g/mol. The molecule has 4 N–H and O–H groups in total. The first kappa shape index (κ1) is 51.4. The second kappa shape index (κ2) is 33.3. The number of aliphatic hydroxyl groups is 3. The summed E-state index contributed by atoms with van der Waals surface area (Å²) >= 11 is 0. The molecule has 6 atom stereocenters. The van der Waals surface area contributed by atoms with Gasteiger partial charge in [-0.25, -0.2) is 0 Å². The summed E-state index contributed by atoms with van der Waals surface area (Å²) in [5.41, 5.74) is 0. The maximum absolute atomic E-state index is 12.8. The van der Waals surface area contributed by atoms with Crippen LogP contribution in [0.25, 0.3) is 0 Å². The van der Waals surface area contributed by atoms with Gasteiger partial charge >= 0.3 is 11.9 Å². The molecule has 1 saturated heterocycles. The number of aliphatic hydroxyl groups excluding tert-OH is 3. The molecule has 0 aromatic heterocycles. The highest BCUT2D eigenvalue weighted by Crippen LogP contribution is 2.24. The predicted molar refractivity (Wildman–Crippen MR) is 219 cm³/mol. The van der Waals surface area contributed by atoms with Crippen LogP contribution in [0.1, 0.15) is 142 Å². The number of ether oxygens (including phenoxy) is 4. The third kappa shape index (κ3) is 27.9. The Morgan fingerprint density at radius 1 is 0.625 bits per heavy atom. The summed E-state index contributed by atoms with van der Waals surface area (Å²) in [6.45, 7) is 3.55. The van der Waals surface area contributed by atoms with E-state index in [2.05, 4.69) is 74.6 Å². The molecule has 0 spiro atoms. The molecular formula is C43H72O12S. The van der Waals surface area contributed by atoms with Crippen LogP contribution in [0, 0.1) is 0 Å². The zero-order chi connectivity index (χ0) is 41.3. The molecule has 56 heavy (non-hydrogen) atoms. The van der Waals surface area contributed by atoms with Gasteiger partial charge in [0, 0.05) is 12.8 Å². The van der Waals surface area contributed by atoms with Crippen LogP contribution in [0.5, 0.6) is 0 Å². The van der Waals surface area contributed by atoms with Crippen molar-refractivity contribution in [2.45, 2.75) is 179 Å². The average Bonchev–Trinajstić information content (AvgIpc) is 3.16. The highest BCUT2D eigenvalue weighted by molar-refractivity contribution is 7.85. The summed E-state index contributed by atoms with van der Waals surface area (Å²) in [6, 6.07) is 0. The van der Waals surface area contributed by atoms with Crippen molar-refractivity contribution in [3.63, 3.8) is 0 Å². The van der Waals surface area contributed by atoms with Crippen molar-refractivity contribution in [2.75, 3.05) is 19.0 Å². The average molecular weight is 813 g/mol. The van der Waals surface area contributed by atoms with Gasteiger partial charge in [0.25, 0.3) is 10.1 Å². The van der Waals surface area contributed by atoms with Gasteiger partial charge < -0.3 is 34.3 Å². The van der Waals surface area contributed by atoms with Gasteiger partial charge in [0.15, 0.2) is 12.4 Å². The molecule has 0 saturated carbocycles. The standard InChI is InChI=1S/C43H72O12S/c1-3-5-7-9-11-13-15-16-17-18-19-20-22-24-26-28-30-32-39(45)54-36(33-52-38(44)31-29-27-25-23-21-14-12-10-8-6-4-2)34-53-43-42(48)41(47)40(46)37(55-43)35-56(49,50)51/h5,7,10-13,16-17,19-20,36-37,40-43,46-48H,3-4,6,8-9,14-15,18,21-35H2,1-2H3,(H,49,50,51)/b7-5-,12-10-,13-11-,17-16-,20-19-. The topological polar surface area (TPSA) is 186 Å². The van der Waals surface area contributed by atoms with Crippen LogP contribution in [-0.2, 0) is 38.7 Å². The Morgan fingerprint density at radius 2 is 1.12 bits per heavy atom. The van der Waals surface area contributed by atoms with E-state index in [1.165, 1.54) is 12.8 Å². The Kier molecular flexibility index (Phi) is 30.6. The van der Waals surface area contributed by atoms with Crippen LogP contribution in [0.2, 0.25) is 0 Å². The van der Waals surface area contributed by atoms with E-state index in [9.17, 15) is 37.9 Å². The molecule has 0 aromatic carbocycles. The largest absolute Gasteiger partial charge is 0.462 e. The zero-order valence-corrected chi connectivity index (χ0v) is 34.8. The Bertz CT molecular complexity index is 1280. The van der Waals surface area contributed by atoms with Crippen LogP contribution < -0.4 is 0 Å². The molecule has 1 aliphatic rings. The summed E-state index contributed by atoms with van der Waals surface area (Å²) in [5.74, 6) is -2.04. The normalized spacial score (nSPS) is 21.3. The van der Waals surface area contributed by atoms with Crippen molar-refractivity contribution in [3.05, 3.63) is 60.8 Å². The third-order valence-electron chi connectivity index (χ3n) is 9.08. The number of rotatable bonds is 33. The molecule has 0 aliphatic carbocycles. The van der Waals surface area contributed by atoms with Crippen LogP contribution in [0.15, 0.2) is 60.8 Å². The highest BCUT2D eigenvalue weighted by atomic mass is 32.2. The van der Waals surface area contributed by atoms with Gasteiger partial charge in [-0.1, -0.05) is 120 Å². The Labute approximate surface area is 336 Å². The van der Waals surface area contributed by atoms with Gasteiger partial charge in [-0.2, -0.15) is 8.42 Å². The predicted octanol–water partition coefficient (Wildman–Crippen LogP) is 7.78. The molecule has 1 aliphatic heterocycles. The molecule has 0 aromatic rings. The Balaban J connectivity index is 2.51. The number of hydrogen-bond acceptors (Lipinski definition) is 11. The first-order chi connectivity index (χ1) is 27.0. The Hall–Kier alpha value is -2.65.